The van der Waals surface area contributed by atoms with Crippen molar-refractivity contribution in [3.63, 3.8) is 0 Å². The van der Waals surface area contributed by atoms with Gasteiger partial charge in [-0.1, -0.05) is 12.1 Å². The molecule has 2 saturated heterocycles. The monoisotopic (exact) mass is 366 g/mol. The molecular weight excluding hydrogens is 340 g/mol. The second-order valence-corrected chi connectivity index (χ2v) is 8.16. The third-order valence-electron chi connectivity index (χ3n) is 6.64. The van der Waals surface area contributed by atoms with Crippen LogP contribution in [0, 0.1) is 17.4 Å². The highest BCUT2D eigenvalue weighted by molar-refractivity contribution is 5.89. The summed E-state index contributed by atoms with van der Waals surface area (Å²) in [6.07, 6.45) is 4.28. The van der Waals surface area contributed by atoms with E-state index in [0.717, 1.165) is 45.7 Å². The average Bonchev–Trinajstić information content (AvgIpc) is 3.06. The first-order chi connectivity index (χ1) is 13.3. The molecule has 3 heterocycles. The van der Waals surface area contributed by atoms with Crippen molar-refractivity contribution in [1.82, 2.24) is 14.8 Å². The molecule has 0 radical (unpaired) electrons. The largest absolute Gasteiger partial charge is 0.396 e. The fraction of sp³-hybridized carbons (Fsp3) is 0.571. The molecule has 0 saturated carbocycles. The first-order valence-corrected chi connectivity index (χ1v) is 9.98. The van der Waals surface area contributed by atoms with Gasteiger partial charge in [0.2, 0.25) is 0 Å². The Morgan fingerprint density at radius 1 is 1.30 bits per heavy atom. The Balaban J connectivity index is 1.56. The highest BCUT2D eigenvalue weighted by Crippen LogP contribution is 2.45. The Morgan fingerprint density at radius 2 is 2.15 bits per heavy atom. The van der Waals surface area contributed by atoms with E-state index in [1.807, 2.05) is 4.90 Å². The molecule has 6 nitrogen and oxygen atoms in total. The average molecular weight is 366 g/mol. The Labute approximate surface area is 159 Å². The number of hydrogen-bond acceptors (Lipinski definition) is 5. The van der Waals surface area contributed by atoms with Gasteiger partial charge in [0.15, 0.2) is 6.19 Å². The molecule has 6 heteroatoms. The van der Waals surface area contributed by atoms with Crippen molar-refractivity contribution < 1.29 is 9.84 Å². The van der Waals surface area contributed by atoms with Crippen molar-refractivity contribution >= 4 is 10.9 Å². The number of nitriles is 1. The van der Waals surface area contributed by atoms with Crippen LogP contribution in [0.15, 0.2) is 18.2 Å². The van der Waals surface area contributed by atoms with E-state index in [1.165, 1.54) is 27.7 Å². The SMILES string of the molecule is N#CN1CC(CO)C[C@@H]2c3cccc4[nH]c(CN5CCOCC5)c(c34)C[C@H]21. The van der Waals surface area contributed by atoms with Crippen LogP contribution >= 0.6 is 0 Å². The summed E-state index contributed by atoms with van der Waals surface area (Å²) >= 11 is 0. The molecule has 142 valence electrons. The van der Waals surface area contributed by atoms with Crippen LogP contribution in [-0.2, 0) is 17.7 Å². The second kappa shape index (κ2) is 6.83. The zero-order valence-electron chi connectivity index (χ0n) is 15.5. The number of aliphatic hydroxyl groups is 1. The summed E-state index contributed by atoms with van der Waals surface area (Å²) in [4.78, 5) is 8.04. The molecule has 0 bridgehead atoms. The summed E-state index contributed by atoms with van der Waals surface area (Å²) in [5.74, 6) is 0.494. The summed E-state index contributed by atoms with van der Waals surface area (Å²) in [6.45, 7) is 5.28. The lowest BCUT2D eigenvalue weighted by Gasteiger charge is -2.44. The van der Waals surface area contributed by atoms with Crippen molar-refractivity contribution in [2.75, 3.05) is 39.5 Å². The lowest BCUT2D eigenvalue weighted by molar-refractivity contribution is 0.0335. The van der Waals surface area contributed by atoms with Crippen LogP contribution in [0.1, 0.15) is 29.2 Å². The molecule has 1 aliphatic carbocycles. The number of rotatable bonds is 3. The highest BCUT2D eigenvalue weighted by atomic mass is 16.5. The molecule has 1 aromatic heterocycles. The van der Waals surface area contributed by atoms with Gasteiger partial charge < -0.3 is 19.7 Å². The molecule has 0 spiro atoms. The van der Waals surface area contributed by atoms with Crippen molar-refractivity contribution in [3.8, 4) is 6.19 Å². The topological polar surface area (TPSA) is 75.5 Å². The number of likely N-dealkylation sites (tertiary alicyclic amines) is 1. The number of nitrogens with one attached hydrogen (secondary N) is 1. The quantitative estimate of drug-likeness (QED) is 0.811. The molecule has 2 fully saturated rings. The molecule has 2 N–H and O–H groups in total. The van der Waals surface area contributed by atoms with Gasteiger partial charge in [-0.15, -0.1) is 0 Å². The highest BCUT2D eigenvalue weighted by Gasteiger charge is 2.41. The van der Waals surface area contributed by atoms with Gasteiger partial charge in [-0.25, -0.2) is 0 Å². The predicted molar refractivity (Wildman–Crippen MR) is 102 cm³/mol. The number of fused-ring (bicyclic) bond motifs is 2. The molecule has 5 rings (SSSR count). The predicted octanol–water partition coefficient (Wildman–Crippen LogP) is 1.80. The fourth-order valence-electron chi connectivity index (χ4n) is 5.32. The normalized spacial score (nSPS) is 28.1. The van der Waals surface area contributed by atoms with Crippen LogP contribution in [0.4, 0.5) is 0 Å². The third-order valence-corrected chi connectivity index (χ3v) is 6.64. The van der Waals surface area contributed by atoms with Gasteiger partial charge in [0.05, 0.1) is 19.3 Å². The minimum Gasteiger partial charge on any atom is -0.396 e. The standard InChI is InChI=1S/C21H26N4O2/c22-13-25-10-14(12-26)8-16-15-2-1-3-18-21(15)17(9-20(16)25)19(23-18)11-24-4-6-27-7-5-24/h1-3,14,16,20,23,26H,4-12H2/t14?,16-,20-/m1/s1. The summed E-state index contributed by atoms with van der Waals surface area (Å²) in [5, 5.41) is 20.8. The molecule has 2 aliphatic heterocycles. The molecule has 27 heavy (non-hydrogen) atoms. The maximum absolute atomic E-state index is 9.73. The number of H-pyrrole nitrogens is 1. The van der Waals surface area contributed by atoms with E-state index >= 15 is 0 Å². The zero-order chi connectivity index (χ0) is 18.4. The van der Waals surface area contributed by atoms with Crippen LogP contribution in [0.25, 0.3) is 10.9 Å². The summed E-state index contributed by atoms with van der Waals surface area (Å²) in [7, 11) is 0. The van der Waals surface area contributed by atoms with E-state index in [-0.39, 0.29) is 18.6 Å². The maximum Gasteiger partial charge on any atom is 0.179 e. The molecular formula is C21H26N4O2. The molecule has 2 aromatic rings. The third kappa shape index (κ3) is 2.82. The van der Waals surface area contributed by atoms with Crippen LogP contribution in [0.3, 0.4) is 0 Å². The summed E-state index contributed by atoms with van der Waals surface area (Å²) < 4.78 is 5.49. The fourth-order valence-corrected chi connectivity index (χ4v) is 5.32. The second-order valence-electron chi connectivity index (χ2n) is 8.16. The molecule has 1 aromatic carbocycles. The van der Waals surface area contributed by atoms with E-state index in [1.54, 1.807) is 0 Å². The van der Waals surface area contributed by atoms with Crippen molar-refractivity contribution in [2.24, 2.45) is 5.92 Å². The van der Waals surface area contributed by atoms with Crippen LogP contribution in [0.2, 0.25) is 0 Å². The first kappa shape index (κ1) is 17.1. The smallest absolute Gasteiger partial charge is 0.179 e. The van der Waals surface area contributed by atoms with Gasteiger partial charge >= 0.3 is 0 Å². The number of piperidine rings is 1. The number of nitrogens with zero attached hydrogens (tertiary/aromatic N) is 3. The van der Waals surface area contributed by atoms with E-state index in [0.29, 0.717) is 12.5 Å². The van der Waals surface area contributed by atoms with E-state index < -0.39 is 0 Å². The van der Waals surface area contributed by atoms with Gasteiger partial charge in [-0.2, -0.15) is 5.26 Å². The van der Waals surface area contributed by atoms with E-state index in [4.69, 9.17) is 4.74 Å². The van der Waals surface area contributed by atoms with Crippen LogP contribution in [0.5, 0.6) is 0 Å². The number of morpholine rings is 1. The number of benzene rings is 1. The van der Waals surface area contributed by atoms with Gasteiger partial charge in [0.25, 0.3) is 0 Å². The number of aromatic nitrogens is 1. The van der Waals surface area contributed by atoms with E-state index in [9.17, 15) is 10.4 Å². The zero-order valence-corrected chi connectivity index (χ0v) is 15.5. The minimum absolute atomic E-state index is 0.152. The molecule has 3 aliphatic rings. The van der Waals surface area contributed by atoms with Crippen molar-refractivity contribution in [3.05, 3.63) is 35.0 Å². The van der Waals surface area contributed by atoms with Gasteiger partial charge in [0, 0.05) is 61.2 Å². The summed E-state index contributed by atoms with van der Waals surface area (Å²) in [5.41, 5.74) is 5.23. The lowest BCUT2D eigenvalue weighted by atomic mass is 9.72. The van der Waals surface area contributed by atoms with Crippen LogP contribution < -0.4 is 0 Å². The minimum atomic E-state index is 0.152. The van der Waals surface area contributed by atoms with Gasteiger partial charge in [0.1, 0.15) is 0 Å². The Kier molecular flexibility index (Phi) is 4.31. The van der Waals surface area contributed by atoms with Gasteiger partial charge in [-0.05, 0) is 30.0 Å². The molecule has 3 atom stereocenters. The number of aliphatic hydroxyl groups excluding tert-OH is 1. The van der Waals surface area contributed by atoms with Crippen LogP contribution in [-0.4, -0.2) is 65.4 Å². The molecule has 0 amide bonds. The Morgan fingerprint density at radius 3 is 2.93 bits per heavy atom. The molecule has 1 unspecified atom stereocenters. The van der Waals surface area contributed by atoms with E-state index in [2.05, 4.69) is 34.3 Å². The number of ether oxygens (including phenoxy) is 1. The Hall–Kier alpha value is -2.07. The number of aromatic amines is 1. The maximum atomic E-state index is 9.73. The first-order valence-electron chi connectivity index (χ1n) is 9.98. The summed E-state index contributed by atoms with van der Waals surface area (Å²) in [6, 6.07) is 6.72. The number of hydrogen-bond donors (Lipinski definition) is 2. The van der Waals surface area contributed by atoms with Crippen molar-refractivity contribution in [2.45, 2.75) is 31.3 Å². The Bertz CT molecular complexity index is 880. The lowest BCUT2D eigenvalue weighted by Crippen LogP contribution is -2.48. The van der Waals surface area contributed by atoms with Crippen molar-refractivity contribution in [1.29, 1.82) is 5.26 Å². The van der Waals surface area contributed by atoms with Gasteiger partial charge in [-0.3, -0.25) is 4.90 Å².